The molecule has 0 aliphatic heterocycles. The number of aromatic nitrogens is 1. The van der Waals surface area contributed by atoms with Crippen molar-refractivity contribution in [2.75, 3.05) is 13.2 Å². The summed E-state index contributed by atoms with van der Waals surface area (Å²) in [5, 5.41) is 23.2. The maximum atomic E-state index is 9.42. The number of aryl methyl sites for hydroxylation is 1. The van der Waals surface area contributed by atoms with Crippen molar-refractivity contribution in [2.24, 2.45) is 0 Å². The molecule has 0 bridgehead atoms. The lowest BCUT2D eigenvalue weighted by Crippen LogP contribution is -2.50. The van der Waals surface area contributed by atoms with Crippen molar-refractivity contribution in [3.05, 3.63) is 41.6 Å². The average molecular weight is 274 g/mol. The normalized spacial score (nSPS) is 12.0. The summed E-state index contributed by atoms with van der Waals surface area (Å²) in [6.07, 6.45) is 0.675. The Morgan fingerprint density at radius 2 is 1.90 bits per heavy atom. The molecule has 0 radical (unpaired) electrons. The van der Waals surface area contributed by atoms with Gasteiger partial charge in [-0.1, -0.05) is 19.1 Å². The number of rotatable bonds is 6. The predicted molar refractivity (Wildman–Crippen MR) is 80.5 cm³/mol. The largest absolute Gasteiger partial charge is 0.394 e. The summed E-state index contributed by atoms with van der Waals surface area (Å²) in [5.74, 6) is 0. The van der Waals surface area contributed by atoms with Crippen LogP contribution in [-0.2, 0) is 6.54 Å². The first-order chi connectivity index (χ1) is 9.62. The van der Waals surface area contributed by atoms with E-state index < -0.39 is 5.54 Å². The summed E-state index contributed by atoms with van der Waals surface area (Å²) in [6, 6.07) is 10.2. The van der Waals surface area contributed by atoms with E-state index in [1.54, 1.807) is 0 Å². The van der Waals surface area contributed by atoms with E-state index in [1.807, 2.05) is 32.0 Å². The van der Waals surface area contributed by atoms with E-state index in [2.05, 4.69) is 22.4 Å². The van der Waals surface area contributed by atoms with Gasteiger partial charge in [0.25, 0.3) is 0 Å². The van der Waals surface area contributed by atoms with Gasteiger partial charge in [-0.05, 0) is 37.1 Å². The van der Waals surface area contributed by atoms with Gasteiger partial charge in [-0.3, -0.25) is 4.98 Å². The third-order valence-corrected chi connectivity index (χ3v) is 3.84. The first-order valence-electron chi connectivity index (χ1n) is 6.95. The number of aliphatic hydroxyl groups excluding tert-OH is 2. The monoisotopic (exact) mass is 274 g/mol. The van der Waals surface area contributed by atoms with Crippen LogP contribution in [0.2, 0.25) is 0 Å². The summed E-state index contributed by atoms with van der Waals surface area (Å²) < 4.78 is 0. The van der Waals surface area contributed by atoms with Gasteiger partial charge in [0.1, 0.15) is 0 Å². The minimum atomic E-state index is -0.611. The summed E-state index contributed by atoms with van der Waals surface area (Å²) in [7, 11) is 0. The van der Waals surface area contributed by atoms with E-state index in [-0.39, 0.29) is 13.2 Å². The van der Waals surface area contributed by atoms with Gasteiger partial charge in [0, 0.05) is 17.6 Å². The number of nitrogens with zero attached hydrogens (tertiary/aromatic N) is 1. The zero-order valence-corrected chi connectivity index (χ0v) is 12.1. The Hall–Kier alpha value is -1.49. The van der Waals surface area contributed by atoms with Gasteiger partial charge in [0.2, 0.25) is 0 Å². The number of hydrogen-bond donors (Lipinski definition) is 3. The van der Waals surface area contributed by atoms with Gasteiger partial charge in [0.15, 0.2) is 0 Å². The molecule has 0 spiro atoms. The highest BCUT2D eigenvalue weighted by Gasteiger charge is 2.25. The van der Waals surface area contributed by atoms with Crippen LogP contribution in [0.4, 0.5) is 0 Å². The molecule has 3 N–H and O–H groups in total. The first-order valence-corrected chi connectivity index (χ1v) is 6.95. The molecule has 0 saturated carbocycles. The molecule has 1 heterocycles. The van der Waals surface area contributed by atoms with Crippen LogP contribution in [0.15, 0.2) is 30.3 Å². The fourth-order valence-electron chi connectivity index (χ4n) is 2.19. The molecular weight excluding hydrogens is 252 g/mol. The fraction of sp³-hybridized carbons (Fsp3) is 0.438. The number of aliphatic hydroxyl groups is 2. The second-order valence-electron chi connectivity index (χ2n) is 5.28. The van der Waals surface area contributed by atoms with Crippen LogP contribution in [0.3, 0.4) is 0 Å². The second-order valence-corrected chi connectivity index (χ2v) is 5.28. The Kier molecular flexibility index (Phi) is 4.70. The average Bonchev–Trinajstić information content (AvgIpc) is 2.49. The second kappa shape index (κ2) is 6.31. The van der Waals surface area contributed by atoms with Crippen LogP contribution in [0.25, 0.3) is 10.9 Å². The van der Waals surface area contributed by atoms with Crippen molar-refractivity contribution in [3.63, 3.8) is 0 Å². The standard InChI is InChI=1S/C16H22N2O2/c1-3-16(10-19,11-20)17-9-13-5-7-15-14(8-13)6-4-12(2)18-15/h4-8,17,19-20H,3,9-11H2,1-2H3. The lowest BCUT2D eigenvalue weighted by atomic mass is 9.98. The lowest BCUT2D eigenvalue weighted by Gasteiger charge is -2.30. The van der Waals surface area contributed by atoms with Gasteiger partial charge in [-0.2, -0.15) is 0 Å². The number of hydrogen-bond acceptors (Lipinski definition) is 4. The molecule has 0 atom stereocenters. The Balaban J connectivity index is 2.16. The topological polar surface area (TPSA) is 65.4 Å². The highest BCUT2D eigenvalue weighted by molar-refractivity contribution is 5.79. The SMILES string of the molecule is CCC(CO)(CO)NCc1ccc2nc(C)ccc2c1. The number of benzene rings is 1. The van der Waals surface area contributed by atoms with Crippen molar-refractivity contribution in [1.82, 2.24) is 10.3 Å². The minimum absolute atomic E-state index is 0.0751. The number of fused-ring (bicyclic) bond motifs is 1. The van der Waals surface area contributed by atoms with Crippen molar-refractivity contribution < 1.29 is 10.2 Å². The molecule has 0 amide bonds. The smallest absolute Gasteiger partial charge is 0.0705 e. The molecule has 108 valence electrons. The van der Waals surface area contributed by atoms with E-state index in [4.69, 9.17) is 0 Å². The number of pyridine rings is 1. The highest BCUT2D eigenvalue weighted by atomic mass is 16.3. The molecule has 2 aromatic rings. The molecule has 4 nitrogen and oxygen atoms in total. The zero-order chi connectivity index (χ0) is 14.6. The zero-order valence-electron chi connectivity index (χ0n) is 12.1. The molecule has 0 unspecified atom stereocenters. The quantitative estimate of drug-likeness (QED) is 0.751. The van der Waals surface area contributed by atoms with Crippen LogP contribution >= 0.6 is 0 Å². The van der Waals surface area contributed by atoms with Crippen LogP contribution in [-0.4, -0.2) is 33.9 Å². The lowest BCUT2D eigenvalue weighted by molar-refractivity contribution is 0.0864. The Morgan fingerprint density at radius 1 is 1.15 bits per heavy atom. The molecular formula is C16H22N2O2. The Labute approximate surface area is 119 Å². The van der Waals surface area contributed by atoms with Crippen LogP contribution in [0.1, 0.15) is 24.6 Å². The van der Waals surface area contributed by atoms with Crippen LogP contribution < -0.4 is 5.32 Å². The van der Waals surface area contributed by atoms with E-state index in [9.17, 15) is 10.2 Å². The maximum Gasteiger partial charge on any atom is 0.0705 e. The van der Waals surface area contributed by atoms with Crippen molar-refractivity contribution in [1.29, 1.82) is 0 Å². The van der Waals surface area contributed by atoms with Gasteiger partial charge in [-0.15, -0.1) is 0 Å². The fourth-order valence-corrected chi connectivity index (χ4v) is 2.19. The predicted octanol–water partition coefficient (Wildman–Crippen LogP) is 1.77. The Morgan fingerprint density at radius 3 is 2.55 bits per heavy atom. The van der Waals surface area contributed by atoms with Gasteiger partial charge >= 0.3 is 0 Å². The van der Waals surface area contributed by atoms with Crippen LogP contribution in [0.5, 0.6) is 0 Å². The third-order valence-electron chi connectivity index (χ3n) is 3.84. The highest BCUT2D eigenvalue weighted by Crippen LogP contribution is 2.16. The summed E-state index contributed by atoms with van der Waals surface area (Å²) >= 11 is 0. The summed E-state index contributed by atoms with van der Waals surface area (Å²) in [6.45, 7) is 4.39. The molecule has 4 heteroatoms. The maximum absolute atomic E-state index is 9.42. The molecule has 0 saturated heterocycles. The molecule has 0 fully saturated rings. The molecule has 1 aromatic heterocycles. The van der Waals surface area contributed by atoms with Crippen molar-refractivity contribution in [2.45, 2.75) is 32.4 Å². The molecule has 20 heavy (non-hydrogen) atoms. The van der Waals surface area contributed by atoms with Gasteiger partial charge < -0.3 is 15.5 Å². The molecule has 1 aromatic carbocycles. The van der Waals surface area contributed by atoms with Crippen molar-refractivity contribution >= 4 is 10.9 Å². The first kappa shape index (κ1) is 14.9. The molecule has 2 rings (SSSR count). The van der Waals surface area contributed by atoms with E-state index in [1.165, 1.54) is 0 Å². The van der Waals surface area contributed by atoms with E-state index >= 15 is 0 Å². The molecule has 0 aliphatic carbocycles. The van der Waals surface area contributed by atoms with Crippen LogP contribution in [0, 0.1) is 6.92 Å². The third kappa shape index (κ3) is 3.15. The van der Waals surface area contributed by atoms with E-state index in [0.717, 1.165) is 22.2 Å². The molecule has 0 aliphatic rings. The minimum Gasteiger partial charge on any atom is -0.394 e. The number of nitrogens with one attached hydrogen (secondary N) is 1. The summed E-state index contributed by atoms with van der Waals surface area (Å²) in [4.78, 5) is 4.47. The van der Waals surface area contributed by atoms with Crippen molar-refractivity contribution in [3.8, 4) is 0 Å². The van der Waals surface area contributed by atoms with Gasteiger partial charge in [0.05, 0.1) is 24.3 Å². The summed E-state index contributed by atoms with van der Waals surface area (Å²) in [5.41, 5.74) is 2.50. The van der Waals surface area contributed by atoms with E-state index in [0.29, 0.717) is 13.0 Å². The van der Waals surface area contributed by atoms with Gasteiger partial charge in [-0.25, -0.2) is 0 Å². The Bertz CT molecular complexity index is 571.